The second kappa shape index (κ2) is 9.00. The van der Waals surface area contributed by atoms with Gasteiger partial charge < -0.3 is 31.5 Å². The van der Waals surface area contributed by atoms with Crippen molar-refractivity contribution in [2.45, 2.75) is 51.3 Å². The van der Waals surface area contributed by atoms with Crippen molar-refractivity contribution in [3.63, 3.8) is 0 Å². The molecular formula is C26H31N3O8. The van der Waals surface area contributed by atoms with Gasteiger partial charge in [-0.1, -0.05) is 13.0 Å². The van der Waals surface area contributed by atoms with E-state index in [1.165, 1.54) is 11.8 Å². The molecule has 0 radical (unpaired) electrons. The zero-order valence-electron chi connectivity index (χ0n) is 21.1. The third kappa shape index (κ3) is 3.72. The molecule has 1 aromatic carbocycles. The van der Waals surface area contributed by atoms with Crippen molar-refractivity contribution in [3.05, 3.63) is 51.0 Å². The lowest BCUT2D eigenvalue weighted by Gasteiger charge is -2.50. The summed E-state index contributed by atoms with van der Waals surface area (Å²) in [6.07, 6.45) is 0.785. The topological polar surface area (TPSA) is 190 Å². The third-order valence-corrected chi connectivity index (χ3v) is 7.80. The van der Waals surface area contributed by atoms with E-state index in [2.05, 4.69) is 5.32 Å². The number of aliphatic hydroxyl groups is 3. The molecule has 0 heterocycles. The number of benzene rings is 1. The number of fused-ring (bicyclic) bond motifs is 3. The summed E-state index contributed by atoms with van der Waals surface area (Å²) in [6, 6.07) is 0.690. The molecular weight excluding hydrogens is 482 g/mol. The van der Waals surface area contributed by atoms with Gasteiger partial charge >= 0.3 is 0 Å². The van der Waals surface area contributed by atoms with E-state index in [1.807, 2.05) is 6.92 Å². The van der Waals surface area contributed by atoms with Crippen LogP contribution in [0.4, 0.5) is 0 Å². The average Bonchev–Trinajstić information content (AvgIpc) is 2.80. The number of carbonyl (C=O) groups excluding carboxylic acids is 4. The predicted molar refractivity (Wildman–Crippen MR) is 131 cm³/mol. The SMILES string of the molecule is CCc1cc(CNC(C)=O)c(O)c2c1C[C@H]1C[C@H]3C(N(C)C)C(O)=C(C(N)=O)C(=O)[C@]3(O)C(O)=C1C2=O. The molecule has 11 nitrogen and oxygen atoms in total. The van der Waals surface area contributed by atoms with Crippen molar-refractivity contribution in [1.82, 2.24) is 10.2 Å². The van der Waals surface area contributed by atoms with Gasteiger partial charge in [-0.15, -0.1) is 0 Å². The van der Waals surface area contributed by atoms with Crippen molar-refractivity contribution in [2.24, 2.45) is 17.6 Å². The van der Waals surface area contributed by atoms with Crippen LogP contribution < -0.4 is 11.1 Å². The van der Waals surface area contributed by atoms with E-state index in [-0.39, 0.29) is 42.2 Å². The van der Waals surface area contributed by atoms with Gasteiger partial charge in [0.1, 0.15) is 22.8 Å². The highest BCUT2D eigenvalue weighted by Crippen LogP contribution is 2.52. The van der Waals surface area contributed by atoms with Gasteiger partial charge in [0, 0.05) is 30.5 Å². The van der Waals surface area contributed by atoms with Crippen LogP contribution in [-0.2, 0) is 33.8 Å². The molecule has 11 heteroatoms. The van der Waals surface area contributed by atoms with Crippen molar-refractivity contribution >= 4 is 23.4 Å². The fourth-order valence-electron chi connectivity index (χ4n) is 6.13. The maximum absolute atomic E-state index is 13.8. The van der Waals surface area contributed by atoms with Crippen LogP contribution in [0.3, 0.4) is 0 Å². The first-order chi connectivity index (χ1) is 17.3. The molecule has 1 aromatic rings. The molecule has 198 valence electrons. The number of phenolic OH excluding ortho intramolecular Hbond substituents is 1. The number of carbonyl (C=O) groups is 4. The molecule has 0 fully saturated rings. The van der Waals surface area contributed by atoms with Crippen molar-refractivity contribution in [1.29, 1.82) is 0 Å². The number of aryl methyl sites for hydroxylation is 1. The molecule has 37 heavy (non-hydrogen) atoms. The van der Waals surface area contributed by atoms with Crippen LogP contribution in [0.5, 0.6) is 5.75 Å². The number of likely N-dealkylation sites (N-methyl/N-ethyl adjacent to an activating group) is 1. The van der Waals surface area contributed by atoms with Gasteiger partial charge in [0.15, 0.2) is 11.4 Å². The largest absolute Gasteiger partial charge is 0.510 e. The number of hydrogen-bond acceptors (Lipinski definition) is 9. The van der Waals surface area contributed by atoms with Gasteiger partial charge in [-0.05, 0) is 50.4 Å². The Labute approximate surface area is 213 Å². The molecule has 0 saturated carbocycles. The van der Waals surface area contributed by atoms with E-state index in [9.17, 15) is 39.6 Å². The Balaban J connectivity index is 1.93. The molecule has 3 aliphatic carbocycles. The Kier molecular flexibility index (Phi) is 6.41. The highest BCUT2D eigenvalue weighted by Gasteiger charge is 2.63. The maximum atomic E-state index is 13.8. The van der Waals surface area contributed by atoms with Crippen molar-refractivity contribution in [2.75, 3.05) is 14.1 Å². The number of hydrogen-bond donors (Lipinski definition) is 6. The Morgan fingerprint density at radius 2 is 1.84 bits per heavy atom. The van der Waals surface area contributed by atoms with E-state index < -0.39 is 58.0 Å². The molecule has 4 rings (SSSR count). The lowest BCUT2D eigenvalue weighted by molar-refractivity contribution is -0.148. The number of phenols is 1. The van der Waals surface area contributed by atoms with E-state index in [4.69, 9.17) is 5.73 Å². The second-order valence-corrected chi connectivity index (χ2v) is 10.1. The van der Waals surface area contributed by atoms with E-state index in [0.717, 1.165) is 5.56 Å². The molecule has 0 saturated heterocycles. The molecule has 0 bridgehead atoms. The van der Waals surface area contributed by atoms with E-state index >= 15 is 0 Å². The van der Waals surface area contributed by atoms with Gasteiger partial charge in [0.25, 0.3) is 5.91 Å². The predicted octanol–water partition coefficient (Wildman–Crippen LogP) is 0.319. The Morgan fingerprint density at radius 3 is 2.38 bits per heavy atom. The molecule has 7 N–H and O–H groups in total. The molecule has 2 amide bonds. The third-order valence-electron chi connectivity index (χ3n) is 7.80. The summed E-state index contributed by atoms with van der Waals surface area (Å²) in [5.74, 6) is -7.18. The summed E-state index contributed by atoms with van der Waals surface area (Å²) in [4.78, 5) is 52.1. The van der Waals surface area contributed by atoms with Crippen LogP contribution in [0.15, 0.2) is 28.7 Å². The Bertz CT molecular complexity index is 1310. The summed E-state index contributed by atoms with van der Waals surface area (Å²) >= 11 is 0. The minimum atomic E-state index is -2.68. The molecule has 0 aliphatic heterocycles. The first-order valence-corrected chi connectivity index (χ1v) is 12.0. The monoisotopic (exact) mass is 513 g/mol. The standard InChI is InChI=1S/C26H31N3O8/c1-5-11-6-13(9-28-10(2)30)20(31)17-14(11)7-12-8-15-19(29(3)4)22(33)18(25(27)36)24(35)26(15,37)23(34)16(12)21(17)32/h6,12,15,19,31,33-34,37H,5,7-9H2,1-4H3,(H2,27,36)(H,28,30)/t12-,15-,19?,26+/m0/s1. The van der Waals surface area contributed by atoms with Crippen LogP contribution in [0.25, 0.3) is 0 Å². The number of nitrogens with zero attached hydrogens (tertiary/aromatic N) is 1. The minimum Gasteiger partial charge on any atom is -0.510 e. The Morgan fingerprint density at radius 1 is 1.19 bits per heavy atom. The first-order valence-electron chi connectivity index (χ1n) is 12.0. The van der Waals surface area contributed by atoms with E-state index in [1.54, 1.807) is 20.2 Å². The number of ketones is 2. The number of Topliss-reactive ketones (excluding diaryl/α,β-unsaturated/α-hetero) is 2. The number of primary amides is 1. The number of nitrogens with two attached hydrogens (primary N) is 1. The average molecular weight is 514 g/mol. The van der Waals surface area contributed by atoms with Crippen LogP contribution in [-0.4, -0.2) is 74.4 Å². The number of aliphatic hydroxyl groups excluding tert-OH is 2. The second-order valence-electron chi connectivity index (χ2n) is 10.1. The van der Waals surface area contributed by atoms with Crippen LogP contribution >= 0.6 is 0 Å². The number of allylic oxidation sites excluding steroid dienone is 1. The fourth-order valence-corrected chi connectivity index (χ4v) is 6.13. The highest BCUT2D eigenvalue weighted by molar-refractivity contribution is 6.24. The molecule has 0 aromatic heterocycles. The summed E-state index contributed by atoms with van der Waals surface area (Å²) in [5.41, 5.74) is 3.23. The summed E-state index contributed by atoms with van der Waals surface area (Å²) in [5, 5.41) is 47.4. The van der Waals surface area contributed by atoms with Gasteiger partial charge in [0.05, 0.1) is 11.6 Å². The maximum Gasteiger partial charge on any atom is 0.255 e. The number of rotatable bonds is 5. The smallest absolute Gasteiger partial charge is 0.255 e. The lowest BCUT2D eigenvalue weighted by atomic mass is 9.58. The first kappa shape index (κ1) is 26.4. The Hall–Kier alpha value is -3.70. The molecule has 1 unspecified atom stereocenters. The lowest BCUT2D eigenvalue weighted by Crippen LogP contribution is -2.63. The van der Waals surface area contributed by atoms with Crippen molar-refractivity contribution < 1.29 is 39.6 Å². The summed E-state index contributed by atoms with van der Waals surface area (Å²) < 4.78 is 0. The normalized spacial score (nSPS) is 27.1. The van der Waals surface area contributed by atoms with Gasteiger partial charge in [0.2, 0.25) is 11.7 Å². The summed E-state index contributed by atoms with van der Waals surface area (Å²) in [6.45, 7) is 3.19. The highest BCUT2D eigenvalue weighted by atomic mass is 16.3. The van der Waals surface area contributed by atoms with E-state index in [0.29, 0.717) is 17.5 Å². The zero-order chi connectivity index (χ0) is 27.6. The van der Waals surface area contributed by atoms with Crippen LogP contribution in [0.1, 0.15) is 47.3 Å². The minimum absolute atomic E-state index is 0.0236. The quantitative estimate of drug-likeness (QED) is 0.301. The summed E-state index contributed by atoms with van der Waals surface area (Å²) in [7, 11) is 3.16. The number of nitrogens with one attached hydrogen (secondary N) is 1. The van der Waals surface area contributed by atoms with Gasteiger partial charge in [-0.25, -0.2) is 0 Å². The number of amides is 2. The fraction of sp³-hybridized carbons (Fsp3) is 0.462. The number of aromatic hydroxyl groups is 1. The zero-order valence-corrected chi connectivity index (χ0v) is 21.1. The molecule has 0 spiro atoms. The van der Waals surface area contributed by atoms with Crippen LogP contribution in [0.2, 0.25) is 0 Å². The molecule has 4 atom stereocenters. The molecule has 3 aliphatic rings. The van der Waals surface area contributed by atoms with Crippen molar-refractivity contribution in [3.8, 4) is 5.75 Å². The van der Waals surface area contributed by atoms with Crippen LogP contribution in [0, 0.1) is 11.8 Å². The van der Waals surface area contributed by atoms with Gasteiger partial charge in [-0.3, -0.25) is 24.1 Å². The van der Waals surface area contributed by atoms with Gasteiger partial charge in [-0.2, -0.15) is 0 Å².